The van der Waals surface area contributed by atoms with Crippen molar-refractivity contribution in [1.82, 2.24) is 15.2 Å². The summed E-state index contributed by atoms with van der Waals surface area (Å²) in [6, 6.07) is 0. The van der Waals surface area contributed by atoms with Crippen LogP contribution >= 0.6 is 0 Å². The molecule has 2 heterocycles. The molecule has 0 bridgehead atoms. The molecule has 6 nitrogen and oxygen atoms in total. The first-order chi connectivity index (χ1) is 6.90. The molecule has 0 amide bonds. The molecule has 0 spiro atoms. The van der Waals surface area contributed by atoms with Crippen molar-refractivity contribution < 1.29 is 4.74 Å². The summed E-state index contributed by atoms with van der Waals surface area (Å²) in [5.41, 5.74) is 6.24. The second-order valence-electron chi connectivity index (χ2n) is 3.05. The zero-order chi connectivity index (χ0) is 9.80. The Hall–Kier alpha value is -1.27. The van der Waals surface area contributed by atoms with Crippen LogP contribution in [0.4, 0.5) is 5.95 Å². The molecule has 0 aliphatic carbocycles. The van der Waals surface area contributed by atoms with Crippen LogP contribution in [-0.2, 0) is 11.3 Å². The van der Waals surface area contributed by atoms with Gasteiger partial charge in [-0.1, -0.05) is 0 Å². The summed E-state index contributed by atoms with van der Waals surface area (Å²) >= 11 is 0. The molecule has 1 saturated heterocycles. The average molecular weight is 195 g/mol. The molecule has 76 valence electrons. The fraction of sp³-hybridized carbons (Fsp3) is 0.625. The Bertz CT molecular complexity index is 300. The maximum Gasteiger partial charge on any atom is 0.245 e. The van der Waals surface area contributed by atoms with Crippen LogP contribution in [0, 0.1) is 0 Å². The number of anilines is 1. The monoisotopic (exact) mass is 195 g/mol. The number of morpholine rings is 1. The van der Waals surface area contributed by atoms with E-state index in [1.165, 1.54) is 0 Å². The van der Waals surface area contributed by atoms with Crippen molar-refractivity contribution in [3.8, 4) is 0 Å². The molecule has 1 aromatic heterocycles. The standard InChI is InChI=1S/C8H13N5O/c9-5-7-6-10-12-8(11-7)13-1-3-14-4-2-13/h6H,1-5,9H2. The molecule has 0 aromatic carbocycles. The van der Waals surface area contributed by atoms with Gasteiger partial charge in [-0.2, -0.15) is 5.10 Å². The highest BCUT2D eigenvalue weighted by molar-refractivity contribution is 5.28. The van der Waals surface area contributed by atoms with Gasteiger partial charge in [0.25, 0.3) is 0 Å². The molecule has 2 rings (SSSR count). The van der Waals surface area contributed by atoms with Crippen LogP contribution in [0.1, 0.15) is 5.69 Å². The lowest BCUT2D eigenvalue weighted by Gasteiger charge is -2.26. The molecule has 1 aromatic rings. The first kappa shape index (κ1) is 9.29. The van der Waals surface area contributed by atoms with Crippen molar-refractivity contribution >= 4 is 5.95 Å². The zero-order valence-electron chi connectivity index (χ0n) is 7.89. The maximum absolute atomic E-state index is 5.47. The van der Waals surface area contributed by atoms with E-state index in [9.17, 15) is 0 Å². The predicted molar refractivity (Wildman–Crippen MR) is 50.8 cm³/mol. The summed E-state index contributed by atoms with van der Waals surface area (Å²) in [6.07, 6.45) is 1.59. The Labute approximate surface area is 82.1 Å². The van der Waals surface area contributed by atoms with Gasteiger partial charge in [0.1, 0.15) is 0 Å². The third-order valence-corrected chi connectivity index (χ3v) is 2.10. The fourth-order valence-electron chi connectivity index (χ4n) is 1.32. The summed E-state index contributed by atoms with van der Waals surface area (Å²) in [6.45, 7) is 3.46. The molecule has 1 aliphatic rings. The van der Waals surface area contributed by atoms with Gasteiger partial charge < -0.3 is 15.4 Å². The fourth-order valence-corrected chi connectivity index (χ4v) is 1.32. The van der Waals surface area contributed by atoms with Crippen LogP contribution in [-0.4, -0.2) is 41.5 Å². The lowest BCUT2D eigenvalue weighted by molar-refractivity contribution is 0.122. The van der Waals surface area contributed by atoms with Crippen molar-refractivity contribution in [2.24, 2.45) is 5.73 Å². The molecule has 6 heteroatoms. The highest BCUT2D eigenvalue weighted by Crippen LogP contribution is 2.07. The van der Waals surface area contributed by atoms with Crippen molar-refractivity contribution in [3.63, 3.8) is 0 Å². The van der Waals surface area contributed by atoms with Crippen molar-refractivity contribution in [2.45, 2.75) is 6.54 Å². The molecular formula is C8H13N5O. The van der Waals surface area contributed by atoms with Crippen molar-refractivity contribution in [1.29, 1.82) is 0 Å². The molecule has 0 atom stereocenters. The summed E-state index contributed by atoms with van der Waals surface area (Å²) in [5.74, 6) is 0.649. The van der Waals surface area contributed by atoms with Gasteiger partial charge >= 0.3 is 0 Å². The highest BCUT2D eigenvalue weighted by Gasteiger charge is 2.13. The van der Waals surface area contributed by atoms with Crippen LogP contribution in [0.25, 0.3) is 0 Å². The zero-order valence-corrected chi connectivity index (χ0v) is 7.89. The van der Waals surface area contributed by atoms with Gasteiger partial charge in [-0.05, 0) is 0 Å². The lowest BCUT2D eigenvalue weighted by Crippen LogP contribution is -2.37. The first-order valence-corrected chi connectivity index (χ1v) is 4.61. The van der Waals surface area contributed by atoms with E-state index in [4.69, 9.17) is 10.5 Å². The van der Waals surface area contributed by atoms with Crippen LogP contribution in [0.15, 0.2) is 6.20 Å². The van der Waals surface area contributed by atoms with Gasteiger partial charge in [0.2, 0.25) is 5.95 Å². The van der Waals surface area contributed by atoms with Crippen LogP contribution < -0.4 is 10.6 Å². The Morgan fingerprint density at radius 2 is 2.21 bits per heavy atom. The highest BCUT2D eigenvalue weighted by atomic mass is 16.5. The Balaban J connectivity index is 2.13. The molecular weight excluding hydrogens is 182 g/mol. The van der Waals surface area contributed by atoms with E-state index in [1.54, 1.807) is 6.20 Å². The van der Waals surface area contributed by atoms with Crippen LogP contribution in [0.5, 0.6) is 0 Å². The topological polar surface area (TPSA) is 77.2 Å². The molecule has 0 saturated carbocycles. The Morgan fingerprint density at radius 1 is 1.43 bits per heavy atom. The SMILES string of the molecule is NCc1cnnc(N2CCOCC2)n1. The van der Waals surface area contributed by atoms with Gasteiger partial charge in [0.05, 0.1) is 25.1 Å². The molecule has 0 radical (unpaired) electrons. The van der Waals surface area contributed by atoms with Gasteiger partial charge in [-0.3, -0.25) is 0 Å². The molecule has 2 N–H and O–H groups in total. The number of ether oxygens (including phenoxy) is 1. The lowest BCUT2D eigenvalue weighted by atomic mass is 10.4. The number of aromatic nitrogens is 3. The second-order valence-corrected chi connectivity index (χ2v) is 3.05. The van der Waals surface area contributed by atoms with Crippen molar-refractivity contribution in [3.05, 3.63) is 11.9 Å². The Morgan fingerprint density at radius 3 is 2.93 bits per heavy atom. The number of hydrogen-bond donors (Lipinski definition) is 1. The van der Waals surface area contributed by atoms with E-state index in [0.29, 0.717) is 12.5 Å². The summed E-state index contributed by atoms with van der Waals surface area (Å²) in [5, 5.41) is 7.82. The largest absolute Gasteiger partial charge is 0.378 e. The molecule has 1 fully saturated rings. The molecule has 1 aliphatic heterocycles. The van der Waals surface area contributed by atoms with Crippen LogP contribution in [0.2, 0.25) is 0 Å². The van der Waals surface area contributed by atoms with E-state index in [2.05, 4.69) is 20.1 Å². The molecule has 14 heavy (non-hydrogen) atoms. The maximum atomic E-state index is 5.47. The number of rotatable bonds is 2. The van der Waals surface area contributed by atoms with Crippen molar-refractivity contribution in [2.75, 3.05) is 31.2 Å². The number of hydrogen-bond acceptors (Lipinski definition) is 6. The third kappa shape index (κ3) is 1.97. The summed E-state index contributed by atoms with van der Waals surface area (Å²) in [4.78, 5) is 6.34. The van der Waals surface area contributed by atoms with E-state index < -0.39 is 0 Å². The first-order valence-electron chi connectivity index (χ1n) is 4.61. The van der Waals surface area contributed by atoms with Gasteiger partial charge in [0.15, 0.2) is 0 Å². The van der Waals surface area contributed by atoms with Gasteiger partial charge in [-0.25, -0.2) is 4.98 Å². The van der Waals surface area contributed by atoms with Gasteiger partial charge in [-0.15, -0.1) is 5.10 Å². The minimum absolute atomic E-state index is 0.396. The van der Waals surface area contributed by atoms with E-state index in [0.717, 1.165) is 32.0 Å². The Kier molecular flexibility index (Phi) is 2.85. The molecule has 0 unspecified atom stereocenters. The van der Waals surface area contributed by atoms with E-state index in [-0.39, 0.29) is 0 Å². The summed E-state index contributed by atoms with van der Waals surface area (Å²) < 4.78 is 5.24. The predicted octanol–water partition coefficient (Wildman–Crippen LogP) is -0.833. The number of nitrogens with zero attached hydrogens (tertiary/aromatic N) is 4. The average Bonchev–Trinajstić information content (AvgIpc) is 2.30. The third-order valence-electron chi connectivity index (χ3n) is 2.10. The summed E-state index contributed by atoms with van der Waals surface area (Å²) in [7, 11) is 0. The normalized spacial score (nSPS) is 17.1. The minimum atomic E-state index is 0.396. The van der Waals surface area contributed by atoms with E-state index >= 15 is 0 Å². The number of nitrogens with two attached hydrogens (primary N) is 1. The smallest absolute Gasteiger partial charge is 0.245 e. The minimum Gasteiger partial charge on any atom is -0.378 e. The quantitative estimate of drug-likeness (QED) is 0.663. The van der Waals surface area contributed by atoms with Gasteiger partial charge in [0, 0.05) is 19.6 Å². The van der Waals surface area contributed by atoms with E-state index in [1.807, 2.05) is 0 Å². The second kappa shape index (κ2) is 4.30. The van der Waals surface area contributed by atoms with Crippen LogP contribution in [0.3, 0.4) is 0 Å².